The molecule has 0 amide bonds. The molecule has 1 saturated heterocycles. The summed E-state index contributed by atoms with van der Waals surface area (Å²) < 4.78 is 0. The van der Waals surface area contributed by atoms with Crippen molar-refractivity contribution in [1.29, 1.82) is 0 Å². The Balaban J connectivity index is 0.00000112. The summed E-state index contributed by atoms with van der Waals surface area (Å²) in [7, 11) is 0. The van der Waals surface area contributed by atoms with E-state index in [1.165, 1.54) is 11.3 Å². The zero-order valence-corrected chi connectivity index (χ0v) is 9.76. The van der Waals surface area contributed by atoms with Crippen LogP contribution in [-0.2, 0) is 4.79 Å². The molecule has 1 aliphatic heterocycles. The van der Waals surface area contributed by atoms with Crippen LogP contribution in [-0.4, -0.2) is 28.6 Å². The molecule has 2 rings (SSSR count). The van der Waals surface area contributed by atoms with Gasteiger partial charge in [-0.3, -0.25) is 0 Å². The standard InChI is InChI=1S/C9H12N2O2S.ClH/c12-8(13)7-3-1-2-5-11(7)9-10-4-6-14-9;/h4,6-7H,1-3,5H2,(H,12,13);1H. The van der Waals surface area contributed by atoms with Gasteiger partial charge in [-0.25, -0.2) is 9.78 Å². The predicted octanol–water partition coefficient (Wildman–Crippen LogP) is 2.01. The number of carbonyl (C=O) groups is 1. The zero-order chi connectivity index (χ0) is 9.97. The first-order valence-electron chi connectivity index (χ1n) is 4.68. The molecule has 0 aromatic carbocycles. The van der Waals surface area contributed by atoms with Gasteiger partial charge in [-0.05, 0) is 19.3 Å². The number of carboxylic acids is 1. The van der Waals surface area contributed by atoms with Crippen molar-refractivity contribution in [2.24, 2.45) is 0 Å². The van der Waals surface area contributed by atoms with Crippen LogP contribution >= 0.6 is 23.7 Å². The number of nitrogens with zero attached hydrogens (tertiary/aromatic N) is 2. The largest absolute Gasteiger partial charge is 0.480 e. The number of halogens is 1. The molecule has 15 heavy (non-hydrogen) atoms. The van der Waals surface area contributed by atoms with Crippen molar-refractivity contribution in [3.63, 3.8) is 0 Å². The molecule has 0 saturated carbocycles. The maximum Gasteiger partial charge on any atom is 0.326 e. The molecule has 1 aromatic rings. The second-order valence-corrected chi connectivity index (χ2v) is 4.23. The van der Waals surface area contributed by atoms with Gasteiger partial charge in [0.1, 0.15) is 6.04 Å². The van der Waals surface area contributed by atoms with Crippen LogP contribution in [0.25, 0.3) is 0 Å². The Morgan fingerprint density at radius 2 is 2.40 bits per heavy atom. The smallest absolute Gasteiger partial charge is 0.326 e. The van der Waals surface area contributed by atoms with Gasteiger partial charge in [0, 0.05) is 18.1 Å². The van der Waals surface area contributed by atoms with E-state index in [0.29, 0.717) is 0 Å². The third-order valence-electron chi connectivity index (χ3n) is 2.45. The first kappa shape index (κ1) is 12.3. The first-order valence-corrected chi connectivity index (χ1v) is 5.56. The number of aliphatic carboxylic acids is 1. The van der Waals surface area contributed by atoms with E-state index in [1.54, 1.807) is 6.20 Å². The topological polar surface area (TPSA) is 53.4 Å². The van der Waals surface area contributed by atoms with Crippen molar-refractivity contribution in [2.45, 2.75) is 25.3 Å². The van der Waals surface area contributed by atoms with E-state index in [2.05, 4.69) is 4.98 Å². The Labute approximate surface area is 98.3 Å². The van der Waals surface area contributed by atoms with Crippen molar-refractivity contribution in [3.05, 3.63) is 11.6 Å². The minimum atomic E-state index is -0.736. The predicted molar refractivity (Wildman–Crippen MR) is 62.0 cm³/mol. The number of hydrogen-bond acceptors (Lipinski definition) is 4. The Kier molecular flexibility index (Phi) is 4.35. The average molecular weight is 249 g/mol. The van der Waals surface area contributed by atoms with Crippen LogP contribution in [0.1, 0.15) is 19.3 Å². The molecule has 0 spiro atoms. The molecule has 0 aliphatic carbocycles. The minimum Gasteiger partial charge on any atom is -0.480 e. The second kappa shape index (κ2) is 5.32. The summed E-state index contributed by atoms with van der Waals surface area (Å²) >= 11 is 1.50. The lowest BCUT2D eigenvalue weighted by Gasteiger charge is -2.32. The van der Waals surface area contributed by atoms with Crippen LogP contribution in [0.4, 0.5) is 5.13 Å². The average Bonchev–Trinajstić information content (AvgIpc) is 2.70. The fourth-order valence-electron chi connectivity index (χ4n) is 1.78. The van der Waals surface area contributed by atoms with Gasteiger partial charge < -0.3 is 10.0 Å². The SMILES string of the molecule is Cl.O=C(O)C1CCCCN1c1nccs1. The lowest BCUT2D eigenvalue weighted by atomic mass is 10.0. The molecular formula is C9H13ClN2O2S. The van der Waals surface area contributed by atoms with Crippen molar-refractivity contribution < 1.29 is 9.90 Å². The monoisotopic (exact) mass is 248 g/mol. The normalized spacial score (nSPS) is 20.8. The highest BCUT2D eigenvalue weighted by Gasteiger charge is 2.29. The van der Waals surface area contributed by atoms with Gasteiger partial charge in [0.05, 0.1) is 0 Å². The molecule has 1 fully saturated rings. The van der Waals surface area contributed by atoms with Crippen LogP contribution < -0.4 is 4.90 Å². The van der Waals surface area contributed by atoms with Crippen molar-refractivity contribution in [2.75, 3.05) is 11.4 Å². The summed E-state index contributed by atoms with van der Waals surface area (Å²) in [6.07, 6.45) is 4.50. The molecule has 6 heteroatoms. The van der Waals surface area contributed by atoms with E-state index in [4.69, 9.17) is 5.11 Å². The Morgan fingerprint density at radius 1 is 1.60 bits per heavy atom. The summed E-state index contributed by atoms with van der Waals surface area (Å²) in [4.78, 5) is 17.0. The van der Waals surface area contributed by atoms with E-state index in [-0.39, 0.29) is 18.4 Å². The molecule has 1 atom stereocenters. The molecule has 4 nitrogen and oxygen atoms in total. The minimum absolute atomic E-state index is 0. The van der Waals surface area contributed by atoms with Gasteiger partial charge in [0.25, 0.3) is 0 Å². The van der Waals surface area contributed by atoms with E-state index in [9.17, 15) is 4.79 Å². The molecule has 84 valence electrons. The highest BCUT2D eigenvalue weighted by molar-refractivity contribution is 7.13. The molecule has 0 bridgehead atoms. The van der Waals surface area contributed by atoms with Gasteiger partial charge in [-0.1, -0.05) is 0 Å². The first-order chi connectivity index (χ1) is 6.79. The van der Waals surface area contributed by atoms with Crippen LogP contribution in [0.2, 0.25) is 0 Å². The zero-order valence-electron chi connectivity index (χ0n) is 8.13. The fraction of sp³-hybridized carbons (Fsp3) is 0.556. The van der Waals surface area contributed by atoms with Gasteiger partial charge in [0.2, 0.25) is 0 Å². The fourth-order valence-corrected chi connectivity index (χ4v) is 2.49. The Hall–Kier alpha value is -0.810. The Morgan fingerprint density at radius 3 is 3.00 bits per heavy atom. The van der Waals surface area contributed by atoms with Crippen LogP contribution in [0.3, 0.4) is 0 Å². The van der Waals surface area contributed by atoms with Crippen LogP contribution in [0, 0.1) is 0 Å². The molecule has 1 aromatic heterocycles. The van der Waals surface area contributed by atoms with E-state index >= 15 is 0 Å². The summed E-state index contributed by atoms with van der Waals surface area (Å²) in [5, 5.41) is 11.8. The van der Waals surface area contributed by atoms with Crippen LogP contribution in [0.5, 0.6) is 0 Å². The third-order valence-corrected chi connectivity index (χ3v) is 3.26. The molecule has 1 unspecified atom stereocenters. The highest BCUT2D eigenvalue weighted by Crippen LogP contribution is 2.26. The number of carboxylic acid groups (broad SMARTS) is 1. The number of hydrogen-bond donors (Lipinski definition) is 1. The summed E-state index contributed by atoms with van der Waals surface area (Å²) in [6.45, 7) is 0.810. The summed E-state index contributed by atoms with van der Waals surface area (Å²) in [5.74, 6) is -0.736. The number of anilines is 1. The molecular weight excluding hydrogens is 236 g/mol. The van der Waals surface area contributed by atoms with Crippen molar-refractivity contribution in [1.82, 2.24) is 4.98 Å². The second-order valence-electron chi connectivity index (χ2n) is 3.36. The Bertz CT molecular complexity index is 318. The number of thiazole rings is 1. The summed E-state index contributed by atoms with van der Waals surface area (Å²) in [5.41, 5.74) is 0. The maximum absolute atomic E-state index is 11.0. The van der Waals surface area contributed by atoms with Gasteiger partial charge in [0.15, 0.2) is 5.13 Å². The maximum atomic E-state index is 11.0. The molecule has 2 heterocycles. The highest BCUT2D eigenvalue weighted by atomic mass is 35.5. The summed E-state index contributed by atoms with van der Waals surface area (Å²) in [6, 6.07) is -0.380. The van der Waals surface area contributed by atoms with Gasteiger partial charge in [-0.15, -0.1) is 23.7 Å². The third kappa shape index (κ3) is 2.60. The van der Waals surface area contributed by atoms with Gasteiger partial charge >= 0.3 is 5.97 Å². The van der Waals surface area contributed by atoms with Gasteiger partial charge in [-0.2, -0.15) is 0 Å². The number of rotatable bonds is 2. The van der Waals surface area contributed by atoms with Crippen molar-refractivity contribution >= 4 is 34.8 Å². The van der Waals surface area contributed by atoms with Crippen molar-refractivity contribution in [3.8, 4) is 0 Å². The number of aromatic nitrogens is 1. The molecule has 0 radical (unpaired) electrons. The van der Waals surface area contributed by atoms with E-state index in [0.717, 1.165) is 30.9 Å². The molecule has 1 aliphatic rings. The quantitative estimate of drug-likeness (QED) is 0.870. The number of piperidine rings is 1. The lowest BCUT2D eigenvalue weighted by Crippen LogP contribution is -2.44. The van der Waals surface area contributed by atoms with Crippen LogP contribution in [0.15, 0.2) is 11.6 Å². The lowest BCUT2D eigenvalue weighted by molar-refractivity contribution is -0.139. The van der Waals surface area contributed by atoms with E-state index < -0.39 is 5.97 Å². The molecule has 1 N–H and O–H groups in total. The van der Waals surface area contributed by atoms with E-state index in [1.807, 2.05) is 10.3 Å².